The van der Waals surface area contributed by atoms with Gasteiger partial charge in [-0.05, 0) is 42.6 Å². The van der Waals surface area contributed by atoms with E-state index in [2.05, 4.69) is 47.1 Å². The van der Waals surface area contributed by atoms with E-state index in [-0.39, 0.29) is 12.1 Å². The molecule has 2 N–H and O–H groups in total. The molecule has 0 bridgehead atoms. The summed E-state index contributed by atoms with van der Waals surface area (Å²) in [7, 11) is 1.96. The van der Waals surface area contributed by atoms with Gasteiger partial charge >= 0.3 is 0 Å². The predicted molar refractivity (Wildman–Crippen MR) is 72.9 cm³/mol. The average molecular weight is 304 g/mol. The zero-order valence-corrected chi connectivity index (χ0v) is 12.6. The molecule has 0 aliphatic carbocycles. The Morgan fingerprint density at radius 3 is 2.59 bits per heavy atom. The first kappa shape index (κ1) is 14.7. The molecule has 98 valence electrons. The lowest BCUT2D eigenvalue weighted by molar-refractivity contribution is 0.229. The highest BCUT2D eigenvalue weighted by atomic mass is 79.9. The van der Waals surface area contributed by atoms with Crippen LogP contribution >= 0.6 is 15.9 Å². The molecule has 0 atom stereocenters. The van der Waals surface area contributed by atoms with E-state index in [4.69, 9.17) is 5.11 Å². The van der Waals surface area contributed by atoms with Crippen LogP contribution in [0.2, 0.25) is 0 Å². The Kier molecular flexibility index (Phi) is 5.16. The third-order valence-corrected chi connectivity index (χ3v) is 3.89. The number of aliphatic hydroxyl groups excluding tert-OH is 1. The van der Waals surface area contributed by atoms with Crippen molar-refractivity contribution in [2.75, 3.05) is 6.61 Å². The highest BCUT2D eigenvalue weighted by Gasteiger charge is 2.19. The Balaban J connectivity index is 2.72. The van der Waals surface area contributed by atoms with Crippen LogP contribution in [0.4, 0.5) is 0 Å². The number of halogens is 1. The van der Waals surface area contributed by atoms with Gasteiger partial charge in [0.25, 0.3) is 0 Å². The van der Waals surface area contributed by atoms with Gasteiger partial charge in [0.1, 0.15) is 0 Å². The molecule has 1 rings (SSSR count). The highest BCUT2D eigenvalue weighted by molar-refractivity contribution is 9.10. The Hall–Kier alpha value is -0.390. The molecule has 17 heavy (non-hydrogen) atoms. The van der Waals surface area contributed by atoms with Crippen LogP contribution in [-0.2, 0) is 20.0 Å². The fourth-order valence-corrected chi connectivity index (χ4v) is 2.46. The van der Waals surface area contributed by atoms with Gasteiger partial charge < -0.3 is 10.4 Å². The molecule has 4 nitrogen and oxygen atoms in total. The highest BCUT2D eigenvalue weighted by Crippen LogP contribution is 2.22. The molecule has 0 spiro atoms. The molecule has 0 unspecified atom stereocenters. The zero-order chi connectivity index (χ0) is 13.1. The van der Waals surface area contributed by atoms with Crippen molar-refractivity contribution in [3.05, 3.63) is 15.9 Å². The lowest BCUT2D eigenvalue weighted by atomic mass is 10.0. The van der Waals surface area contributed by atoms with Gasteiger partial charge in [-0.25, -0.2) is 0 Å². The van der Waals surface area contributed by atoms with E-state index >= 15 is 0 Å². The first-order chi connectivity index (χ1) is 7.91. The van der Waals surface area contributed by atoms with Crippen LogP contribution in [-0.4, -0.2) is 27.0 Å². The van der Waals surface area contributed by atoms with Crippen molar-refractivity contribution in [1.29, 1.82) is 0 Å². The van der Waals surface area contributed by atoms with E-state index in [1.54, 1.807) is 0 Å². The van der Waals surface area contributed by atoms with Gasteiger partial charge in [-0.15, -0.1) is 0 Å². The number of aryl methyl sites for hydroxylation is 2. The standard InChI is InChI=1S/C12H22BrN3O/c1-5-9-11(13)10(16(4)15-9)8-14-12(2,3)6-7-17/h14,17H,5-8H2,1-4H3. The summed E-state index contributed by atoms with van der Waals surface area (Å²) < 4.78 is 3.00. The van der Waals surface area contributed by atoms with Crippen molar-refractivity contribution >= 4 is 15.9 Å². The number of aliphatic hydroxyl groups is 1. The maximum Gasteiger partial charge on any atom is 0.0767 e. The van der Waals surface area contributed by atoms with Crippen LogP contribution in [0.25, 0.3) is 0 Å². The minimum atomic E-state index is -0.0646. The van der Waals surface area contributed by atoms with E-state index in [9.17, 15) is 0 Å². The normalized spacial score (nSPS) is 12.1. The molecule has 0 saturated heterocycles. The van der Waals surface area contributed by atoms with E-state index in [1.165, 1.54) is 0 Å². The topological polar surface area (TPSA) is 50.1 Å². The molecule has 0 aromatic carbocycles. The molecule has 0 saturated carbocycles. The van der Waals surface area contributed by atoms with Gasteiger partial charge in [0, 0.05) is 25.7 Å². The number of aromatic nitrogens is 2. The second-order valence-corrected chi connectivity index (χ2v) is 5.69. The van der Waals surface area contributed by atoms with Gasteiger partial charge in [0.15, 0.2) is 0 Å². The lowest BCUT2D eigenvalue weighted by Gasteiger charge is -2.25. The number of hydrogen-bond donors (Lipinski definition) is 2. The van der Waals surface area contributed by atoms with Gasteiger partial charge in [0.05, 0.1) is 15.9 Å². The Morgan fingerprint density at radius 1 is 1.47 bits per heavy atom. The lowest BCUT2D eigenvalue weighted by Crippen LogP contribution is -2.39. The fraction of sp³-hybridized carbons (Fsp3) is 0.750. The molecular weight excluding hydrogens is 282 g/mol. The SMILES string of the molecule is CCc1nn(C)c(CNC(C)(C)CCO)c1Br. The number of nitrogens with one attached hydrogen (secondary N) is 1. The largest absolute Gasteiger partial charge is 0.396 e. The van der Waals surface area contributed by atoms with E-state index < -0.39 is 0 Å². The van der Waals surface area contributed by atoms with Crippen LogP contribution in [0.15, 0.2) is 4.47 Å². The number of nitrogens with zero attached hydrogens (tertiary/aromatic N) is 2. The minimum Gasteiger partial charge on any atom is -0.396 e. The summed E-state index contributed by atoms with van der Waals surface area (Å²) in [6, 6.07) is 0. The van der Waals surface area contributed by atoms with E-state index in [0.29, 0.717) is 0 Å². The van der Waals surface area contributed by atoms with Crippen molar-refractivity contribution < 1.29 is 5.11 Å². The summed E-state index contributed by atoms with van der Waals surface area (Å²) in [5.74, 6) is 0. The van der Waals surface area contributed by atoms with Crippen molar-refractivity contribution in [3.8, 4) is 0 Å². The predicted octanol–water partition coefficient (Wildman–Crippen LogP) is 2.00. The van der Waals surface area contributed by atoms with Gasteiger partial charge in [0.2, 0.25) is 0 Å². The Labute approximate surface area is 112 Å². The Morgan fingerprint density at radius 2 is 2.12 bits per heavy atom. The third kappa shape index (κ3) is 3.79. The average Bonchev–Trinajstić information content (AvgIpc) is 2.51. The molecule has 0 amide bonds. The zero-order valence-electron chi connectivity index (χ0n) is 11.0. The van der Waals surface area contributed by atoms with Gasteiger partial charge in [-0.2, -0.15) is 5.10 Å². The molecule has 0 radical (unpaired) electrons. The molecular formula is C12H22BrN3O. The summed E-state index contributed by atoms with van der Waals surface area (Å²) >= 11 is 3.60. The second kappa shape index (κ2) is 5.98. The maximum atomic E-state index is 8.98. The minimum absolute atomic E-state index is 0.0646. The molecule has 1 aromatic heterocycles. The Bertz CT molecular complexity index is 374. The summed E-state index contributed by atoms with van der Waals surface area (Å²) in [6.45, 7) is 7.23. The second-order valence-electron chi connectivity index (χ2n) is 4.90. The molecule has 1 aromatic rings. The van der Waals surface area contributed by atoms with Crippen molar-refractivity contribution in [2.24, 2.45) is 7.05 Å². The van der Waals surface area contributed by atoms with Crippen LogP contribution < -0.4 is 5.32 Å². The summed E-state index contributed by atoms with van der Waals surface area (Å²) in [6.07, 6.45) is 1.66. The van der Waals surface area contributed by atoms with Crippen molar-refractivity contribution in [3.63, 3.8) is 0 Å². The first-order valence-corrected chi connectivity index (χ1v) is 6.76. The van der Waals surface area contributed by atoms with Gasteiger partial charge in [-0.1, -0.05) is 6.92 Å². The molecule has 0 aliphatic heterocycles. The van der Waals surface area contributed by atoms with E-state index in [0.717, 1.165) is 35.2 Å². The van der Waals surface area contributed by atoms with Crippen LogP contribution in [0.1, 0.15) is 38.6 Å². The fourth-order valence-electron chi connectivity index (χ4n) is 1.70. The summed E-state index contributed by atoms with van der Waals surface area (Å²) in [4.78, 5) is 0. The van der Waals surface area contributed by atoms with Gasteiger partial charge in [-0.3, -0.25) is 4.68 Å². The smallest absolute Gasteiger partial charge is 0.0767 e. The third-order valence-electron chi connectivity index (χ3n) is 2.97. The molecule has 0 aliphatic rings. The number of rotatable bonds is 6. The van der Waals surface area contributed by atoms with Crippen LogP contribution in [0, 0.1) is 0 Å². The molecule has 0 fully saturated rings. The van der Waals surface area contributed by atoms with Crippen molar-refractivity contribution in [2.45, 2.75) is 45.7 Å². The monoisotopic (exact) mass is 303 g/mol. The van der Waals surface area contributed by atoms with E-state index in [1.807, 2.05) is 11.7 Å². The maximum absolute atomic E-state index is 8.98. The summed E-state index contributed by atoms with van der Waals surface area (Å²) in [5, 5.41) is 16.9. The first-order valence-electron chi connectivity index (χ1n) is 5.97. The van der Waals surface area contributed by atoms with Crippen LogP contribution in [0.3, 0.4) is 0 Å². The quantitative estimate of drug-likeness (QED) is 0.845. The van der Waals surface area contributed by atoms with Crippen LogP contribution in [0.5, 0.6) is 0 Å². The molecule has 1 heterocycles. The summed E-state index contributed by atoms with van der Waals surface area (Å²) in [5.41, 5.74) is 2.17. The molecule has 5 heteroatoms. The van der Waals surface area contributed by atoms with Crippen molar-refractivity contribution in [1.82, 2.24) is 15.1 Å². The number of hydrogen-bond acceptors (Lipinski definition) is 3.